The first-order valence-electron chi connectivity index (χ1n) is 8.40. The van der Waals surface area contributed by atoms with Crippen LogP contribution in [0.15, 0.2) is 29.7 Å². The lowest BCUT2D eigenvalue weighted by atomic mass is 9.92. The van der Waals surface area contributed by atoms with Crippen LogP contribution in [0.2, 0.25) is 0 Å². The summed E-state index contributed by atoms with van der Waals surface area (Å²) >= 11 is 1.79. The molecule has 2 aliphatic rings. The lowest BCUT2D eigenvalue weighted by molar-refractivity contribution is -0.140. The summed E-state index contributed by atoms with van der Waals surface area (Å²) in [5.41, 5.74) is 0. The molecule has 1 fully saturated rings. The summed E-state index contributed by atoms with van der Waals surface area (Å²) in [7, 11) is 0. The minimum atomic E-state index is 0.191. The Kier molecular flexibility index (Phi) is 5.68. The topological polar surface area (TPSA) is 29.5 Å². The third kappa shape index (κ3) is 3.99. The van der Waals surface area contributed by atoms with Crippen LogP contribution in [0.25, 0.3) is 0 Å². The van der Waals surface area contributed by atoms with Gasteiger partial charge in [-0.2, -0.15) is 0 Å². The first kappa shape index (κ1) is 15.8. The van der Waals surface area contributed by atoms with Gasteiger partial charge in [-0.15, -0.1) is 11.3 Å². The second-order valence-corrected chi connectivity index (χ2v) is 7.22. The summed E-state index contributed by atoms with van der Waals surface area (Å²) in [6.45, 7) is 2.43. The molecule has 0 unspecified atom stereocenters. The first-order valence-corrected chi connectivity index (χ1v) is 9.28. The fraction of sp³-hybridized carbons (Fsp3) is 0.611. The van der Waals surface area contributed by atoms with Gasteiger partial charge < -0.3 is 9.64 Å². The van der Waals surface area contributed by atoms with Crippen molar-refractivity contribution < 1.29 is 9.53 Å². The normalized spacial score (nSPS) is 22.6. The molecule has 2 heterocycles. The molecule has 3 rings (SSSR count). The van der Waals surface area contributed by atoms with E-state index in [9.17, 15) is 4.79 Å². The molecule has 0 bridgehead atoms. The smallest absolute Gasteiger partial charge is 0.226 e. The van der Waals surface area contributed by atoms with E-state index >= 15 is 0 Å². The Morgan fingerprint density at radius 1 is 1.27 bits per heavy atom. The van der Waals surface area contributed by atoms with Crippen LogP contribution < -0.4 is 0 Å². The highest BCUT2D eigenvalue weighted by molar-refractivity contribution is 7.09. The van der Waals surface area contributed by atoms with Gasteiger partial charge in [0.25, 0.3) is 0 Å². The Bertz CT molecular complexity index is 491. The maximum atomic E-state index is 13.0. The minimum Gasteiger partial charge on any atom is -0.381 e. The van der Waals surface area contributed by atoms with Crippen LogP contribution in [-0.2, 0) is 16.0 Å². The van der Waals surface area contributed by atoms with Gasteiger partial charge in [0.2, 0.25) is 5.91 Å². The van der Waals surface area contributed by atoms with Gasteiger partial charge in [0, 0.05) is 36.6 Å². The van der Waals surface area contributed by atoms with E-state index in [1.807, 2.05) is 0 Å². The van der Waals surface area contributed by atoms with Crippen molar-refractivity contribution in [3.8, 4) is 0 Å². The number of rotatable bonds is 5. The van der Waals surface area contributed by atoms with Gasteiger partial charge in [0.05, 0.1) is 0 Å². The lowest BCUT2D eigenvalue weighted by Gasteiger charge is -2.37. The Labute approximate surface area is 137 Å². The molecule has 1 saturated heterocycles. The average Bonchev–Trinajstić information content (AvgIpc) is 3.10. The molecule has 0 aromatic carbocycles. The van der Waals surface area contributed by atoms with Crippen molar-refractivity contribution in [2.75, 3.05) is 19.8 Å². The summed E-state index contributed by atoms with van der Waals surface area (Å²) < 4.78 is 5.48. The predicted octanol–water partition coefficient (Wildman–Crippen LogP) is 3.65. The Hall–Kier alpha value is -1.13. The van der Waals surface area contributed by atoms with E-state index < -0.39 is 0 Å². The molecule has 0 N–H and O–H groups in total. The predicted molar refractivity (Wildman–Crippen MR) is 90.1 cm³/mol. The van der Waals surface area contributed by atoms with Crippen LogP contribution in [0.5, 0.6) is 0 Å². The lowest BCUT2D eigenvalue weighted by Crippen LogP contribution is -2.47. The van der Waals surface area contributed by atoms with Crippen LogP contribution in [-0.4, -0.2) is 36.6 Å². The van der Waals surface area contributed by atoms with Crippen molar-refractivity contribution >= 4 is 17.2 Å². The van der Waals surface area contributed by atoms with E-state index in [1.165, 1.54) is 4.88 Å². The fourth-order valence-electron chi connectivity index (χ4n) is 3.41. The molecular formula is C18H25NO2S. The number of carbonyl (C=O) groups excluding carboxylic acids is 1. The molecule has 1 aromatic heterocycles. The van der Waals surface area contributed by atoms with E-state index in [0.717, 1.165) is 58.3 Å². The van der Waals surface area contributed by atoms with E-state index in [0.29, 0.717) is 11.9 Å². The monoisotopic (exact) mass is 319 g/mol. The van der Waals surface area contributed by atoms with Gasteiger partial charge in [0.1, 0.15) is 0 Å². The van der Waals surface area contributed by atoms with Gasteiger partial charge in [-0.25, -0.2) is 0 Å². The Morgan fingerprint density at radius 3 is 2.82 bits per heavy atom. The quantitative estimate of drug-likeness (QED) is 0.775. The molecular weight excluding hydrogens is 294 g/mol. The van der Waals surface area contributed by atoms with Crippen LogP contribution in [0, 0.1) is 5.92 Å². The molecule has 1 aromatic rings. The summed E-state index contributed by atoms with van der Waals surface area (Å²) in [4.78, 5) is 16.6. The number of thiophene rings is 1. The van der Waals surface area contributed by atoms with Crippen molar-refractivity contribution in [2.45, 2.75) is 44.6 Å². The number of allylic oxidation sites excluding steroid dienone is 2. The largest absolute Gasteiger partial charge is 0.381 e. The van der Waals surface area contributed by atoms with Gasteiger partial charge in [0.15, 0.2) is 0 Å². The van der Waals surface area contributed by atoms with Crippen molar-refractivity contribution in [1.29, 1.82) is 0 Å². The van der Waals surface area contributed by atoms with E-state index in [-0.39, 0.29) is 5.92 Å². The van der Waals surface area contributed by atoms with Crippen LogP contribution in [0.4, 0.5) is 0 Å². The summed E-state index contributed by atoms with van der Waals surface area (Å²) in [5.74, 6) is 0.559. The van der Waals surface area contributed by atoms with Crippen LogP contribution >= 0.6 is 11.3 Å². The van der Waals surface area contributed by atoms with Gasteiger partial charge in [-0.1, -0.05) is 18.2 Å². The molecule has 4 heteroatoms. The first-order chi connectivity index (χ1) is 10.8. The molecule has 0 saturated carbocycles. The van der Waals surface area contributed by atoms with Crippen molar-refractivity contribution in [3.05, 3.63) is 34.5 Å². The molecule has 3 nitrogen and oxygen atoms in total. The zero-order valence-corrected chi connectivity index (χ0v) is 13.9. The fourth-order valence-corrected chi connectivity index (χ4v) is 4.11. The highest BCUT2D eigenvalue weighted by atomic mass is 32.1. The van der Waals surface area contributed by atoms with Gasteiger partial charge >= 0.3 is 0 Å². The molecule has 120 valence electrons. The van der Waals surface area contributed by atoms with E-state index in [2.05, 4.69) is 34.6 Å². The molecule has 22 heavy (non-hydrogen) atoms. The molecule has 0 spiro atoms. The molecule has 1 aliphatic heterocycles. The van der Waals surface area contributed by atoms with Crippen LogP contribution in [0.3, 0.4) is 0 Å². The Balaban J connectivity index is 1.66. The van der Waals surface area contributed by atoms with E-state index in [4.69, 9.17) is 4.74 Å². The zero-order chi connectivity index (χ0) is 15.2. The minimum absolute atomic E-state index is 0.191. The zero-order valence-electron chi connectivity index (χ0n) is 13.1. The number of carbonyl (C=O) groups is 1. The molecule has 0 radical (unpaired) electrons. The van der Waals surface area contributed by atoms with Crippen molar-refractivity contribution in [3.63, 3.8) is 0 Å². The summed E-state index contributed by atoms with van der Waals surface area (Å²) in [6.07, 6.45) is 10.3. The highest BCUT2D eigenvalue weighted by Crippen LogP contribution is 2.25. The third-order valence-corrected chi connectivity index (χ3v) is 5.65. The molecule has 1 amide bonds. The van der Waals surface area contributed by atoms with Crippen molar-refractivity contribution in [1.82, 2.24) is 4.90 Å². The maximum absolute atomic E-state index is 13.0. The molecule has 1 aliphatic carbocycles. The Morgan fingerprint density at radius 2 is 2.14 bits per heavy atom. The number of ether oxygens (including phenoxy) is 1. The standard InChI is InChI=1S/C18H25NO2S/c20-18(15-5-2-1-3-6-15)19(16-9-12-21-13-10-16)11-8-17-7-4-14-22-17/h1-2,4,7,14-16H,3,5-6,8-13H2/t15-/m1/s1. The number of nitrogens with zero attached hydrogens (tertiary/aromatic N) is 1. The third-order valence-electron chi connectivity index (χ3n) is 4.71. The second kappa shape index (κ2) is 7.93. The molecule has 1 atom stereocenters. The highest BCUT2D eigenvalue weighted by Gasteiger charge is 2.30. The van der Waals surface area contributed by atoms with Gasteiger partial charge in [-0.05, 0) is 50.0 Å². The SMILES string of the molecule is O=C([C@@H]1CC=CCC1)N(CCc1cccs1)C1CCOCC1. The summed E-state index contributed by atoms with van der Waals surface area (Å²) in [5, 5.41) is 2.11. The van der Waals surface area contributed by atoms with E-state index in [1.54, 1.807) is 11.3 Å². The van der Waals surface area contributed by atoms with Crippen molar-refractivity contribution in [2.24, 2.45) is 5.92 Å². The second-order valence-electron chi connectivity index (χ2n) is 6.19. The number of hydrogen-bond acceptors (Lipinski definition) is 3. The maximum Gasteiger partial charge on any atom is 0.226 e. The summed E-state index contributed by atoms with van der Waals surface area (Å²) in [6, 6.07) is 4.62. The van der Waals surface area contributed by atoms with Crippen LogP contribution in [0.1, 0.15) is 37.0 Å². The number of amides is 1. The average molecular weight is 319 g/mol. The van der Waals surface area contributed by atoms with Gasteiger partial charge in [-0.3, -0.25) is 4.79 Å². The number of hydrogen-bond donors (Lipinski definition) is 0.